The number of aliphatic carboxylic acids is 2. The van der Waals surface area contributed by atoms with Gasteiger partial charge in [0.2, 0.25) is 0 Å². The van der Waals surface area contributed by atoms with Crippen LogP contribution in [0.15, 0.2) is 0 Å². The molecule has 0 aromatic rings. The summed E-state index contributed by atoms with van der Waals surface area (Å²) < 4.78 is 0. The molecule has 0 aromatic carbocycles. The van der Waals surface area contributed by atoms with E-state index < -0.39 is 11.9 Å². The van der Waals surface area contributed by atoms with Gasteiger partial charge in [-0.05, 0) is 6.42 Å². The van der Waals surface area contributed by atoms with Crippen LogP contribution in [0.1, 0.15) is 19.3 Å². The zero-order valence-electron chi connectivity index (χ0n) is 4.83. The van der Waals surface area contributed by atoms with Gasteiger partial charge in [-0.2, -0.15) is 0 Å². The van der Waals surface area contributed by atoms with Crippen LogP contribution in [0.3, 0.4) is 0 Å². The van der Waals surface area contributed by atoms with Gasteiger partial charge in [-0.1, -0.05) is 0 Å². The van der Waals surface area contributed by atoms with Crippen LogP contribution < -0.4 is 0 Å². The minimum atomic E-state index is -0.948. The van der Waals surface area contributed by atoms with Crippen molar-refractivity contribution in [2.24, 2.45) is 0 Å². The molecule has 10 heavy (non-hydrogen) atoms. The second-order valence-electron chi connectivity index (χ2n) is 1.64. The topological polar surface area (TPSA) is 74.6 Å². The Balaban J connectivity index is 0. The molecular weight excluding hydrogens is 164 g/mol. The Bertz CT molecular complexity index is 109. The molecule has 5 heteroatoms. The molecule has 0 aliphatic carbocycles. The Morgan fingerprint density at radius 3 is 1.50 bits per heavy atom. The maximum absolute atomic E-state index is 9.79. The molecule has 0 aliphatic rings. The van der Waals surface area contributed by atoms with E-state index in [1.165, 1.54) is 0 Å². The summed E-state index contributed by atoms with van der Waals surface area (Å²) >= 11 is 0. The summed E-state index contributed by atoms with van der Waals surface area (Å²) in [5.41, 5.74) is 0. The van der Waals surface area contributed by atoms with Crippen molar-refractivity contribution in [3.8, 4) is 0 Å². The molecule has 0 amide bonds. The van der Waals surface area contributed by atoms with Gasteiger partial charge in [-0.25, -0.2) is 0 Å². The summed E-state index contributed by atoms with van der Waals surface area (Å²) in [4.78, 5) is 19.6. The third-order valence-corrected chi connectivity index (χ3v) is 0.781. The molecule has 0 aliphatic heterocycles. The van der Waals surface area contributed by atoms with Gasteiger partial charge in [0.1, 0.15) is 0 Å². The summed E-state index contributed by atoms with van der Waals surface area (Å²) in [7, 11) is 0. The SMILES string of the molecule is O=C(O)CCCC(=O)O.[CaH2]. The van der Waals surface area contributed by atoms with Gasteiger partial charge in [0.05, 0.1) is 0 Å². The monoisotopic (exact) mass is 174 g/mol. The van der Waals surface area contributed by atoms with Gasteiger partial charge < -0.3 is 10.2 Å². The van der Waals surface area contributed by atoms with E-state index >= 15 is 0 Å². The molecule has 2 N–H and O–H groups in total. The summed E-state index contributed by atoms with van der Waals surface area (Å²) in [5, 5.41) is 16.1. The van der Waals surface area contributed by atoms with Crippen LogP contribution in [0.25, 0.3) is 0 Å². The van der Waals surface area contributed by atoms with Crippen molar-refractivity contribution in [2.45, 2.75) is 19.3 Å². The van der Waals surface area contributed by atoms with E-state index in [0.717, 1.165) is 0 Å². The predicted molar refractivity (Wildman–Crippen MR) is 37.7 cm³/mol. The first kappa shape index (κ1) is 12.8. The average Bonchev–Trinajstić information content (AvgIpc) is 1.63. The van der Waals surface area contributed by atoms with E-state index in [1.807, 2.05) is 0 Å². The molecule has 0 spiro atoms. The van der Waals surface area contributed by atoms with Gasteiger partial charge in [0.15, 0.2) is 0 Å². The standard InChI is InChI=1S/C5H8O4.Ca.2H/c6-4(7)2-1-3-5(8)9;;;/h1-3H2,(H,6,7)(H,8,9);;;. The van der Waals surface area contributed by atoms with Crippen molar-refractivity contribution in [1.82, 2.24) is 0 Å². The zero-order chi connectivity index (χ0) is 7.28. The number of hydrogen-bond donors (Lipinski definition) is 2. The molecule has 0 heterocycles. The molecule has 0 fully saturated rings. The molecule has 0 atom stereocenters. The Kier molecular flexibility index (Phi) is 9.38. The van der Waals surface area contributed by atoms with Gasteiger partial charge in [0, 0.05) is 12.8 Å². The normalized spacial score (nSPS) is 8.00. The molecule has 0 aromatic heterocycles. The fraction of sp³-hybridized carbons (Fsp3) is 0.600. The average molecular weight is 174 g/mol. The Morgan fingerprint density at radius 2 is 1.30 bits per heavy atom. The van der Waals surface area contributed by atoms with Crippen LogP contribution in [0.2, 0.25) is 0 Å². The molecule has 0 radical (unpaired) electrons. The summed E-state index contributed by atoms with van der Waals surface area (Å²) in [5.74, 6) is -1.90. The Morgan fingerprint density at radius 1 is 1.00 bits per heavy atom. The first-order chi connectivity index (χ1) is 4.13. The summed E-state index contributed by atoms with van der Waals surface area (Å²) in [6, 6.07) is 0. The minimum absolute atomic E-state index is 0. The molecule has 56 valence electrons. The maximum atomic E-state index is 9.79. The number of carbonyl (C=O) groups is 2. The van der Waals surface area contributed by atoms with Crippen molar-refractivity contribution in [2.75, 3.05) is 0 Å². The Hall–Kier alpha value is 0.200. The van der Waals surface area contributed by atoms with Crippen molar-refractivity contribution in [3.05, 3.63) is 0 Å². The van der Waals surface area contributed by atoms with Crippen LogP contribution in [-0.4, -0.2) is 59.9 Å². The summed E-state index contributed by atoms with van der Waals surface area (Å²) in [6.07, 6.45) is 0.0866. The zero-order valence-corrected chi connectivity index (χ0v) is 4.83. The van der Waals surface area contributed by atoms with Gasteiger partial charge in [0.25, 0.3) is 0 Å². The van der Waals surface area contributed by atoms with Crippen molar-refractivity contribution in [1.29, 1.82) is 0 Å². The van der Waals surface area contributed by atoms with Gasteiger partial charge >= 0.3 is 49.7 Å². The van der Waals surface area contributed by atoms with Crippen LogP contribution in [0.5, 0.6) is 0 Å². The molecular formula is C5H10CaO4. The number of carboxylic acid groups (broad SMARTS) is 2. The van der Waals surface area contributed by atoms with E-state index in [0.29, 0.717) is 0 Å². The fourth-order valence-corrected chi connectivity index (χ4v) is 0.391. The van der Waals surface area contributed by atoms with Crippen LogP contribution in [0.4, 0.5) is 0 Å². The van der Waals surface area contributed by atoms with Gasteiger partial charge in [-0.15, -0.1) is 0 Å². The van der Waals surface area contributed by atoms with Crippen molar-refractivity contribution in [3.63, 3.8) is 0 Å². The first-order valence-electron chi connectivity index (χ1n) is 2.56. The molecule has 0 unspecified atom stereocenters. The van der Waals surface area contributed by atoms with E-state index in [1.54, 1.807) is 0 Å². The molecule has 0 saturated heterocycles. The first-order valence-corrected chi connectivity index (χ1v) is 2.56. The molecule has 0 rings (SSSR count). The Labute approximate surface area is 88.2 Å². The third kappa shape index (κ3) is 11.1. The van der Waals surface area contributed by atoms with Crippen LogP contribution >= 0.6 is 0 Å². The molecule has 0 saturated carbocycles. The third-order valence-electron chi connectivity index (χ3n) is 0.781. The predicted octanol–water partition coefficient (Wildman–Crippen LogP) is -0.590. The number of carboxylic acids is 2. The van der Waals surface area contributed by atoms with E-state index in [9.17, 15) is 9.59 Å². The second-order valence-corrected chi connectivity index (χ2v) is 1.64. The van der Waals surface area contributed by atoms with E-state index in [4.69, 9.17) is 10.2 Å². The number of hydrogen-bond acceptors (Lipinski definition) is 2. The van der Waals surface area contributed by atoms with Gasteiger partial charge in [-0.3, -0.25) is 9.59 Å². The quantitative estimate of drug-likeness (QED) is 0.559. The summed E-state index contributed by atoms with van der Waals surface area (Å²) in [6.45, 7) is 0. The molecule has 0 bridgehead atoms. The molecule has 4 nitrogen and oxygen atoms in total. The number of rotatable bonds is 4. The van der Waals surface area contributed by atoms with Crippen molar-refractivity contribution >= 4 is 49.7 Å². The fourth-order valence-electron chi connectivity index (χ4n) is 0.391. The second kappa shape index (κ2) is 7.31. The van der Waals surface area contributed by atoms with Crippen molar-refractivity contribution < 1.29 is 19.8 Å². The van der Waals surface area contributed by atoms with Crippen LogP contribution in [-0.2, 0) is 9.59 Å². The van der Waals surface area contributed by atoms with Crippen LogP contribution in [0, 0.1) is 0 Å². The van der Waals surface area contributed by atoms with E-state index in [2.05, 4.69) is 0 Å². The van der Waals surface area contributed by atoms with E-state index in [-0.39, 0.29) is 57.0 Å².